The molecule has 2 N–H and O–H groups in total. The van der Waals surface area contributed by atoms with Crippen LogP contribution in [-0.4, -0.2) is 125 Å². The van der Waals surface area contributed by atoms with Gasteiger partial charge in [-0.15, -0.1) is 0 Å². The van der Waals surface area contributed by atoms with E-state index >= 15 is 0 Å². The van der Waals surface area contributed by atoms with E-state index in [2.05, 4.69) is 54.7 Å². The van der Waals surface area contributed by atoms with Crippen molar-refractivity contribution in [1.29, 1.82) is 0 Å². The van der Waals surface area contributed by atoms with Crippen molar-refractivity contribution in [1.82, 2.24) is 5.32 Å². The molecule has 0 aromatic heterocycles. The topological polar surface area (TPSA) is 66.4 Å². The van der Waals surface area contributed by atoms with E-state index in [4.69, 9.17) is 0 Å². The molecule has 0 bridgehead atoms. The third-order valence-electron chi connectivity index (χ3n) is 6.26. The molecule has 0 aliphatic carbocycles. The third kappa shape index (κ3) is 21.6. The first kappa shape index (κ1) is 42.0. The van der Waals surface area contributed by atoms with Gasteiger partial charge in [0.2, 0.25) is 5.91 Å². The Morgan fingerprint density at radius 3 is 1.83 bits per heavy atom. The number of nitrogens with zero attached hydrogens (tertiary/aromatic N) is 3. The summed E-state index contributed by atoms with van der Waals surface area (Å²) in [5, 5.41) is 13.4. The highest BCUT2D eigenvalue weighted by molar-refractivity contribution is 5.81. The summed E-state index contributed by atoms with van der Waals surface area (Å²) in [6.07, 6.45) is 3.87. The standard InChI is InChI=1S/C25H54N4O3.3ClH/c1-11-25(2,3)24(32)26-16-14-18-29(9,10)20-22(30)15-12-13-17-28(7,8)21-23(31)19-27(4,5)6;;;/h23,31H,11-21H2,1-10H3;3*1H/q+2;;;/p-2. The maximum absolute atomic E-state index is 12.5. The fourth-order valence-corrected chi connectivity index (χ4v) is 3.96. The fraction of sp³-hybridized carbons (Fsp3) is 0.920. The number of ketones is 1. The molecule has 1 amide bonds. The Labute approximate surface area is 235 Å². The van der Waals surface area contributed by atoms with Gasteiger partial charge in [-0.1, -0.05) is 20.8 Å². The van der Waals surface area contributed by atoms with Crippen LogP contribution in [0.15, 0.2) is 0 Å². The number of aliphatic hydroxyl groups excluding tert-OH is 1. The molecule has 0 saturated carbocycles. The summed E-state index contributed by atoms with van der Waals surface area (Å²) in [5.41, 5.74) is -0.322. The predicted octanol–water partition coefficient (Wildman–Crippen LogP) is -7.10. The van der Waals surface area contributed by atoms with Crippen molar-refractivity contribution in [3.8, 4) is 0 Å². The van der Waals surface area contributed by atoms with Crippen LogP contribution in [-0.2, 0) is 9.59 Å². The van der Waals surface area contributed by atoms with Crippen molar-refractivity contribution in [2.75, 3.05) is 88.6 Å². The second-order valence-electron chi connectivity index (χ2n) is 12.6. The molecule has 0 aromatic rings. The van der Waals surface area contributed by atoms with Gasteiger partial charge in [0.05, 0.1) is 62.4 Å². The SMILES string of the molecule is CCC(C)(C)C(=O)NCCC[N+](C)(C)CC(=O)CCCC[N+](C)(C)CC(O)C[N+](C)(C)C.[Cl-].[Cl-].[Cl-]. The molecule has 0 saturated heterocycles. The predicted molar refractivity (Wildman–Crippen MR) is 133 cm³/mol. The lowest BCUT2D eigenvalue weighted by Crippen LogP contribution is -3.00. The highest BCUT2D eigenvalue weighted by Crippen LogP contribution is 2.19. The van der Waals surface area contributed by atoms with Gasteiger partial charge in [-0.3, -0.25) is 9.59 Å². The lowest BCUT2D eigenvalue weighted by atomic mass is 9.89. The van der Waals surface area contributed by atoms with E-state index in [1.54, 1.807) is 0 Å². The molecule has 1 atom stereocenters. The summed E-state index contributed by atoms with van der Waals surface area (Å²) in [4.78, 5) is 24.6. The zero-order valence-electron chi connectivity index (χ0n) is 24.1. The maximum Gasteiger partial charge on any atom is 0.225 e. The molecule has 0 aromatic carbocycles. The summed E-state index contributed by atoms with van der Waals surface area (Å²) in [7, 11) is 14.8. The number of likely N-dealkylation sites (N-methyl/N-ethyl adjacent to an activating group) is 3. The minimum Gasteiger partial charge on any atom is -1.00 e. The zero-order chi connectivity index (χ0) is 25.2. The maximum atomic E-state index is 12.5. The van der Waals surface area contributed by atoms with Crippen molar-refractivity contribution in [3.63, 3.8) is 0 Å². The Hall–Kier alpha value is -0.150. The van der Waals surface area contributed by atoms with Crippen LogP contribution in [0.1, 0.15) is 52.9 Å². The third-order valence-corrected chi connectivity index (χ3v) is 6.26. The van der Waals surface area contributed by atoms with Crippen LogP contribution >= 0.6 is 0 Å². The van der Waals surface area contributed by atoms with Crippen molar-refractivity contribution >= 4 is 11.7 Å². The van der Waals surface area contributed by atoms with Gasteiger partial charge >= 0.3 is 0 Å². The first-order valence-corrected chi connectivity index (χ1v) is 12.3. The number of rotatable bonds is 17. The molecule has 35 heavy (non-hydrogen) atoms. The number of hydrogen-bond donors (Lipinski definition) is 2. The van der Waals surface area contributed by atoms with E-state index in [9.17, 15) is 14.7 Å². The fourth-order valence-electron chi connectivity index (χ4n) is 3.96. The smallest absolute Gasteiger partial charge is 0.225 e. The quantitative estimate of drug-likeness (QED) is 0.136. The molecule has 0 fully saturated rings. The molecule has 0 rings (SSSR count). The number of amides is 1. The van der Waals surface area contributed by atoms with Gasteiger partial charge < -0.3 is 61.1 Å². The van der Waals surface area contributed by atoms with E-state index in [-0.39, 0.29) is 54.6 Å². The number of unbranched alkanes of at least 4 members (excludes halogenated alkanes) is 1. The number of aliphatic hydroxyl groups is 1. The average molecular weight is 566 g/mol. The molecule has 0 aliphatic rings. The van der Waals surface area contributed by atoms with E-state index in [1.165, 1.54) is 0 Å². The van der Waals surface area contributed by atoms with Gasteiger partial charge in [0.1, 0.15) is 19.6 Å². The Morgan fingerprint density at radius 1 is 0.829 bits per heavy atom. The van der Waals surface area contributed by atoms with Crippen LogP contribution in [0.3, 0.4) is 0 Å². The van der Waals surface area contributed by atoms with Gasteiger partial charge in [0.25, 0.3) is 0 Å². The van der Waals surface area contributed by atoms with Crippen LogP contribution in [0.25, 0.3) is 0 Å². The van der Waals surface area contributed by atoms with E-state index in [0.717, 1.165) is 60.8 Å². The summed E-state index contributed by atoms with van der Waals surface area (Å²) in [5.74, 6) is 0.411. The number of nitrogens with one attached hydrogen (secondary N) is 1. The second kappa shape index (κ2) is 18.2. The van der Waals surface area contributed by atoms with Crippen LogP contribution in [0.4, 0.5) is 0 Å². The summed E-state index contributed by atoms with van der Waals surface area (Å²) >= 11 is 0. The lowest BCUT2D eigenvalue weighted by molar-refractivity contribution is -0.907. The number of carbonyl (C=O) groups excluding carboxylic acids is 2. The Morgan fingerprint density at radius 2 is 1.34 bits per heavy atom. The van der Waals surface area contributed by atoms with Crippen molar-refractivity contribution in [2.24, 2.45) is 5.41 Å². The van der Waals surface area contributed by atoms with Crippen LogP contribution in [0, 0.1) is 5.41 Å². The summed E-state index contributed by atoms with van der Waals surface area (Å²) in [6, 6.07) is 0. The van der Waals surface area contributed by atoms with Gasteiger partial charge in [-0.05, 0) is 19.3 Å². The van der Waals surface area contributed by atoms with Crippen molar-refractivity contribution < 1.29 is 65.4 Å². The van der Waals surface area contributed by atoms with Crippen molar-refractivity contribution in [3.05, 3.63) is 0 Å². The van der Waals surface area contributed by atoms with Crippen molar-refractivity contribution in [2.45, 2.75) is 59.0 Å². The van der Waals surface area contributed by atoms with Gasteiger partial charge in [0, 0.05) is 24.8 Å². The molecular weight excluding hydrogens is 511 g/mol. The van der Waals surface area contributed by atoms with Crippen LogP contribution < -0.4 is 42.5 Å². The highest BCUT2D eigenvalue weighted by Gasteiger charge is 2.26. The molecule has 1 unspecified atom stereocenters. The normalized spacial score (nSPS) is 13.1. The minimum atomic E-state index is -0.322. The molecule has 0 heterocycles. The Bertz CT molecular complexity index is 595. The van der Waals surface area contributed by atoms with Gasteiger partial charge in [-0.25, -0.2) is 0 Å². The molecule has 7 nitrogen and oxygen atoms in total. The average Bonchev–Trinajstić information content (AvgIpc) is 2.59. The zero-order valence-corrected chi connectivity index (χ0v) is 26.4. The molecule has 0 spiro atoms. The second-order valence-corrected chi connectivity index (χ2v) is 12.6. The number of quaternary nitrogens is 3. The van der Waals surface area contributed by atoms with E-state index < -0.39 is 0 Å². The molecule has 214 valence electrons. The number of Topliss-reactive ketones (excluding diaryl/α,β-unsaturated/α-hetero) is 1. The van der Waals surface area contributed by atoms with E-state index in [0.29, 0.717) is 29.8 Å². The first-order chi connectivity index (χ1) is 14.4. The van der Waals surface area contributed by atoms with Gasteiger partial charge in [0.15, 0.2) is 11.9 Å². The molecule has 0 radical (unpaired) electrons. The molecule has 0 aliphatic heterocycles. The number of hydrogen-bond acceptors (Lipinski definition) is 3. The van der Waals surface area contributed by atoms with E-state index in [1.807, 2.05) is 20.8 Å². The monoisotopic (exact) mass is 564 g/mol. The molecule has 10 heteroatoms. The Balaban J connectivity index is -0.00000160. The van der Waals surface area contributed by atoms with Crippen LogP contribution in [0.2, 0.25) is 0 Å². The number of carbonyl (C=O) groups is 2. The number of halogens is 3. The van der Waals surface area contributed by atoms with Gasteiger partial charge in [-0.2, -0.15) is 0 Å². The first-order valence-electron chi connectivity index (χ1n) is 12.3. The summed E-state index contributed by atoms with van der Waals surface area (Å²) in [6.45, 7) is 10.5. The lowest BCUT2D eigenvalue weighted by Gasteiger charge is -2.34. The largest absolute Gasteiger partial charge is 1.00 e. The molecular formula is C25H55Cl3N4O3. The Kier molecular flexibility index (Phi) is 21.8. The highest BCUT2D eigenvalue weighted by atomic mass is 35.5. The van der Waals surface area contributed by atoms with Crippen LogP contribution in [0.5, 0.6) is 0 Å². The summed E-state index contributed by atoms with van der Waals surface area (Å²) < 4.78 is 2.19. The minimum absolute atomic E-state index is 0.